The number of halogens is 1. The molecule has 27 heavy (non-hydrogen) atoms. The number of hydrogen-bond donors (Lipinski definition) is 2. The van der Waals surface area contributed by atoms with E-state index in [-0.39, 0.29) is 5.91 Å². The predicted octanol–water partition coefficient (Wildman–Crippen LogP) is 5.30. The number of rotatable bonds is 6. The van der Waals surface area contributed by atoms with E-state index in [4.69, 9.17) is 16.0 Å². The van der Waals surface area contributed by atoms with E-state index in [9.17, 15) is 9.59 Å². The smallest absolute Gasteiger partial charge is 0.221 e. The third-order valence-corrected chi connectivity index (χ3v) is 3.98. The number of hydrogen-bond acceptors (Lipinski definition) is 3. The van der Waals surface area contributed by atoms with Gasteiger partial charge in [0.25, 0.3) is 0 Å². The molecule has 3 aromatic rings. The Kier molecular flexibility index (Phi) is 5.74. The van der Waals surface area contributed by atoms with Crippen LogP contribution in [0.4, 0.5) is 11.4 Å². The fourth-order valence-electron chi connectivity index (χ4n) is 2.59. The predicted molar refractivity (Wildman–Crippen MR) is 109 cm³/mol. The molecule has 0 saturated heterocycles. The first-order valence-corrected chi connectivity index (χ1v) is 8.58. The fourth-order valence-corrected chi connectivity index (χ4v) is 2.77. The highest BCUT2D eigenvalue weighted by atomic mass is 35.5. The summed E-state index contributed by atoms with van der Waals surface area (Å²) in [4.78, 5) is 21.9. The number of carbonyl (C=O) groups excluding carboxylic acids is 2. The molecule has 2 aromatic carbocycles. The zero-order chi connectivity index (χ0) is 19.2. The number of furan rings is 1. The third kappa shape index (κ3) is 4.86. The molecule has 1 aromatic heterocycles. The highest BCUT2D eigenvalue weighted by Crippen LogP contribution is 2.27. The van der Waals surface area contributed by atoms with Crippen LogP contribution in [0.5, 0.6) is 0 Å². The van der Waals surface area contributed by atoms with Gasteiger partial charge in [-0.15, -0.1) is 0 Å². The summed E-state index contributed by atoms with van der Waals surface area (Å²) in [6.07, 6.45) is 4.23. The van der Waals surface area contributed by atoms with Crippen LogP contribution < -0.4 is 10.6 Å². The van der Waals surface area contributed by atoms with Crippen LogP contribution in [-0.4, -0.2) is 12.3 Å². The van der Waals surface area contributed by atoms with Crippen LogP contribution in [0.25, 0.3) is 23.5 Å². The zero-order valence-corrected chi connectivity index (χ0v) is 15.3. The monoisotopic (exact) mass is 380 g/mol. The summed E-state index contributed by atoms with van der Waals surface area (Å²) in [5, 5.41) is 5.96. The molecule has 0 aliphatic rings. The lowest BCUT2D eigenvalue weighted by molar-refractivity contribution is -0.114. The molecular weight excluding hydrogens is 364 g/mol. The van der Waals surface area contributed by atoms with Crippen molar-refractivity contribution in [3.63, 3.8) is 0 Å². The van der Waals surface area contributed by atoms with Crippen LogP contribution >= 0.6 is 11.6 Å². The quantitative estimate of drug-likeness (QED) is 0.570. The Balaban J connectivity index is 1.83. The minimum absolute atomic E-state index is 0.128. The van der Waals surface area contributed by atoms with E-state index < -0.39 is 0 Å². The number of benzene rings is 2. The summed E-state index contributed by atoms with van der Waals surface area (Å²) in [5.74, 6) is 1.20. The topological polar surface area (TPSA) is 71.3 Å². The summed E-state index contributed by atoms with van der Waals surface area (Å²) in [6, 6.07) is 16.3. The van der Waals surface area contributed by atoms with Crippen LogP contribution in [0.2, 0.25) is 5.02 Å². The first-order valence-electron chi connectivity index (χ1n) is 8.21. The standard InChI is InChI=1S/C21H17ClN2O3/c1-14(26)24-18-4-2-3-16(12-18)21-10-8-19(27-21)7-5-15-11-17(22)6-9-20(15)23-13-25/h2-13H,1H3,(H,23,25)(H,24,26)/b7-5+. The molecule has 6 heteroatoms. The van der Waals surface area contributed by atoms with Gasteiger partial charge in [-0.05, 0) is 60.2 Å². The highest BCUT2D eigenvalue weighted by Gasteiger charge is 2.06. The molecule has 0 aliphatic heterocycles. The number of carbonyl (C=O) groups is 2. The molecule has 0 aliphatic carbocycles. The normalized spacial score (nSPS) is 10.7. The molecule has 2 amide bonds. The van der Waals surface area contributed by atoms with Gasteiger partial charge in [-0.1, -0.05) is 23.7 Å². The second kappa shape index (κ2) is 8.38. The average Bonchev–Trinajstić information content (AvgIpc) is 3.11. The van der Waals surface area contributed by atoms with Crippen molar-refractivity contribution in [1.29, 1.82) is 0 Å². The van der Waals surface area contributed by atoms with Crippen LogP contribution in [0.15, 0.2) is 59.0 Å². The average molecular weight is 381 g/mol. The van der Waals surface area contributed by atoms with E-state index in [0.29, 0.717) is 34.3 Å². The van der Waals surface area contributed by atoms with Crippen molar-refractivity contribution in [1.82, 2.24) is 0 Å². The molecular formula is C21H17ClN2O3. The zero-order valence-electron chi connectivity index (χ0n) is 14.5. The summed E-state index contributed by atoms with van der Waals surface area (Å²) in [5.41, 5.74) is 2.98. The van der Waals surface area contributed by atoms with Crippen molar-refractivity contribution in [2.75, 3.05) is 10.6 Å². The molecule has 0 radical (unpaired) electrons. The van der Waals surface area contributed by atoms with Gasteiger partial charge >= 0.3 is 0 Å². The van der Waals surface area contributed by atoms with Gasteiger partial charge in [0.05, 0.1) is 0 Å². The molecule has 0 spiro atoms. The van der Waals surface area contributed by atoms with Crippen LogP contribution in [0.3, 0.4) is 0 Å². The Morgan fingerprint density at radius 1 is 1.07 bits per heavy atom. The minimum Gasteiger partial charge on any atom is -0.457 e. The SMILES string of the molecule is CC(=O)Nc1cccc(-c2ccc(/C=C/c3cc(Cl)ccc3NC=O)o2)c1. The molecule has 1 heterocycles. The maximum Gasteiger partial charge on any atom is 0.221 e. The van der Waals surface area contributed by atoms with E-state index >= 15 is 0 Å². The molecule has 0 fully saturated rings. The molecule has 136 valence electrons. The van der Waals surface area contributed by atoms with Gasteiger partial charge < -0.3 is 15.1 Å². The molecule has 0 unspecified atom stereocenters. The van der Waals surface area contributed by atoms with Gasteiger partial charge in [-0.2, -0.15) is 0 Å². The van der Waals surface area contributed by atoms with E-state index in [1.54, 1.807) is 24.3 Å². The number of nitrogens with one attached hydrogen (secondary N) is 2. The highest BCUT2D eigenvalue weighted by molar-refractivity contribution is 6.30. The maximum absolute atomic E-state index is 11.2. The molecule has 3 rings (SSSR count). The lowest BCUT2D eigenvalue weighted by atomic mass is 10.1. The number of amides is 2. The molecule has 0 atom stereocenters. The summed E-state index contributed by atoms with van der Waals surface area (Å²) in [6.45, 7) is 1.46. The Labute approximate surface area is 161 Å². The lowest BCUT2D eigenvalue weighted by Crippen LogP contribution is -2.05. The van der Waals surface area contributed by atoms with Crippen molar-refractivity contribution < 1.29 is 14.0 Å². The van der Waals surface area contributed by atoms with E-state index in [0.717, 1.165) is 11.1 Å². The van der Waals surface area contributed by atoms with Crippen LogP contribution in [0, 0.1) is 0 Å². The Morgan fingerprint density at radius 3 is 2.70 bits per heavy atom. The largest absolute Gasteiger partial charge is 0.457 e. The van der Waals surface area contributed by atoms with Crippen LogP contribution in [0.1, 0.15) is 18.2 Å². The van der Waals surface area contributed by atoms with Crippen molar-refractivity contribution in [3.05, 3.63) is 70.9 Å². The maximum atomic E-state index is 11.2. The van der Waals surface area contributed by atoms with Gasteiger partial charge in [-0.25, -0.2) is 0 Å². The second-order valence-electron chi connectivity index (χ2n) is 5.79. The van der Waals surface area contributed by atoms with Crippen molar-refractivity contribution in [3.8, 4) is 11.3 Å². The van der Waals surface area contributed by atoms with Crippen molar-refractivity contribution in [2.24, 2.45) is 0 Å². The van der Waals surface area contributed by atoms with Crippen LogP contribution in [-0.2, 0) is 9.59 Å². The van der Waals surface area contributed by atoms with Gasteiger partial charge in [0.2, 0.25) is 12.3 Å². The lowest BCUT2D eigenvalue weighted by Gasteiger charge is -2.04. The molecule has 2 N–H and O–H groups in total. The molecule has 5 nitrogen and oxygen atoms in total. The van der Waals surface area contributed by atoms with Gasteiger partial charge in [0.1, 0.15) is 11.5 Å². The third-order valence-electron chi connectivity index (χ3n) is 3.75. The Morgan fingerprint density at radius 2 is 1.93 bits per heavy atom. The van der Waals surface area contributed by atoms with E-state index in [1.165, 1.54) is 6.92 Å². The summed E-state index contributed by atoms with van der Waals surface area (Å²) < 4.78 is 5.86. The first-order chi connectivity index (χ1) is 13.0. The van der Waals surface area contributed by atoms with Crippen molar-refractivity contribution in [2.45, 2.75) is 6.92 Å². The molecule has 0 saturated carbocycles. The van der Waals surface area contributed by atoms with E-state index in [1.807, 2.05) is 42.5 Å². The first kappa shape index (κ1) is 18.5. The minimum atomic E-state index is -0.128. The number of anilines is 2. The summed E-state index contributed by atoms with van der Waals surface area (Å²) >= 11 is 6.03. The second-order valence-corrected chi connectivity index (χ2v) is 6.23. The Bertz CT molecular complexity index is 1010. The van der Waals surface area contributed by atoms with Gasteiger partial charge in [0, 0.05) is 28.9 Å². The Hall–Kier alpha value is -3.31. The van der Waals surface area contributed by atoms with Crippen molar-refractivity contribution >= 4 is 47.4 Å². The fraction of sp³-hybridized carbons (Fsp3) is 0.0476. The molecule has 0 bridgehead atoms. The van der Waals surface area contributed by atoms with E-state index in [2.05, 4.69) is 10.6 Å². The van der Waals surface area contributed by atoms with Gasteiger partial charge in [-0.3, -0.25) is 9.59 Å². The summed E-state index contributed by atoms with van der Waals surface area (Å²) in [7, 11) is 0. The van der Waals surface area contributed by atoms with Gasteiger partial charge in [0.15, 0.2) is 0 Å².